The third kappa shape index (κ3) is 2.70. The maximum Gasteiger partial charge on any atom is 0.276 e. The molecule has 3 heterocycles. The van der Waals surface area contributed by atoms with Gasteiger partial charge in [-0.2, -0.15) is 0 Å². The van der Waals surface area contributed by atoms with Gasteiger partial charge in [-0.1, -0.05) is 17.2 Å². The molecular formula is C15H19N3O3. The number of amides is 1. The number of rotatable bonds is 4. The molecule has 0 aliphatic carbocycles. The summed E-state index contributed by atoms with van der Waals surface area (Å²) in [5.74, 6) is 1.43. The highest BCUT2D eigenvalue weighted by atomic mass is 16.5. The predicted molar refractivity (Wildman–Crippen MR) is 74.7 cm³/mol. The number of carbonyl (C=O) groups is 1. The van der Waals surface area contributed by atoms with Crippen LogP contribution in [0.15, 0.2) is 21.2 Å². The molecule has 1 aliphatic rings. The fourth-order valence-electron chi connectivity index (χ4n) is 2.79. The first-order chi connectivity index (χ1) is 10.2. The second-order valence-electron chi connectivity index (χ2n) is 5.45. The van der Waals surface area contributed by atoms with E-state index >= 15 is 0 Å². The van der Waals surface area contributed by atoms with Crippen molar-refractivity contribution in [3.8, 4) is 0 Å². The summed E-state index contributed by atoms with van der Waals surface area (Å²) in [6, 6.07) is 3.61. The zero-order valence-corrected chi connectivity index (χ0v) is 12.3. The second kappa shape index (κ2) is 5.71. The van der Waals surface area contributed by atoms with Gasteiger partial charge < -0.3 is 13.9 Å². The average Bonchev–Trinajstić information content (AvgIpc) is 3.17. The Hall–Kier alpha value is -2.11. The Kier molecular flexibility index (Phi) is 3.77. The maximum atomic E-state index is 12.6. The van der Waals surface area contributed by atoms with Gasteiger partial charge in [0.05, 0.1) is 6.04 Å². The standard InChI is InChI=1S/C15H19N3O3/c1-3-5-11-9-13(17-21-11)15(19)18-7-4-6-14(18)12-8-10(2)20-16-12/h8-9,14H,3-7H2,1-2H3. The summed E-state index contributed by atoms with van der Waals surface area (Å²) in [5.41, 5.74) is 1.20. The Bertz CT molecular complexity index is 632. The van der Waals surface area contributed by atoms with Gasteiger partial charge in [-0.15, -0.1) is 0 Å². The maximum absolute atomic E-state index is 12.6. The van der Waals surface area contributed by atoms with Crippen molar-refractivity contribution >= 4 is 5.91 Å². The van der Waals surface area contributed by atoms with E-state index in [1.54, 1.807) is 6.07 Å². The SMILES string of the molecule is CCCc1cc(C(=O)N2CCCC2c2cc(C)on2)no1. The van der Waals surface area contributed by atoms with Crippen LogP contribution in [0.1, 0.15) is 59.9 Å². The smallest absolute Gasteiger partial charge is 0.276 e. The van der Waals surface area contributed by atoms with Crippen molar-refractivity contribution in [2.24, 2.45) is 0 Å². The van der Waals surface area contributed by atoms with Gasteiger partial charge in [0, 0.05) is 25.1 Å². The summed E-state index contributed by atoms with van der Waals surface area (Å²) in [4.78, 5) is 14.4. The molecule has 0 N–H and O–H groups in total. The fourth-order valence-corrected chi connectivity index (χ4v) is 2.79. The van der Waals surface area contributed by atoms with Crippen LogP contribution in [0, 0.1) is 6.92 Å². The molecule has 3 rings (SSSR count). The number of likely N-dealkylation sites (tertiary alicyclic amines) is 1. The van der Waals surface area contributed by atoms with Gasteiger partial charge in [0.15, 0.2) is 5.69 Å². The Morgan fingerprint density at radius 3 is 2.95 bits per heavy atom. The molecule has 1 aliphatic heterocycles. The van der Waals surface area contributed by atoms with Crippen molar-refractivity contribution in [3.05, 3.63) is 35.0 Å². The fraction of sp³-hybridized carbons (Fsp3) is 0.533. The number of nitrogens with zero attached hydrogens (tertiary/aromatic N) is 3. The molecule has 0 radical (unpaired) electrons. The summed E-state index contributed by atoms with van der Waals surface area (Å²) < 4.78 is 10.3. The number of carbonyl (C=O) groups excluding carboxylic acids is 1. The van der Waals surface area contributed by atoms with E-state index in [4.69, 9.17) is 9.05 Å². The minimum Gasteiger partial charge on any atom is -0.361 e. The molecule has 1 saturated heterocycles. The number of hydrogen-bond acceptors (Lipinski definition) is 5. The molecule has 2 aromatic heterocycles. The van der Waals surface area contributed by atoms with Crippen LogP contribution < -0.4 is 0 Å². The van der Waals surface area contributed by atoms with Crippen LogP contribution in [0.25, 0.3) is 0 Å². The third-order valence-electron chi connectivity index (χ3n) is 3.78. The van der Waals surface area contributed by atoms with E-state index in [2.05, 4.69) is 17.2 Å². The molecule has 0 aromatic carbocycles. The quantitative estimate of drug-likeness (QED) is 0.865. The van der Waals surface area contributed by atoms with E-state index in [-0.39, 0.29) is 11.9 Å². The summed E-state index contributed by atoms with van der Waals surface area (Å²) in [5, 5.41) is 7.95. The van der Waals surface area contributed by atoms with Crippen molar-refractivity contribution in [3.63, 3.8) is 0 Å². The molecule has 1 amide bonds. The molecule has 21 heavy (non-hydrogen) atoms. The zero-order valence-electron chi connectivity index (χ0n) is 12.3. The Morgan fingerprint density at radius 2 is 2.24 bits per heavy atom. The van der Waals surface area contributed by atoms with Gasteiger partial charge in [0.2, 0.25) is 0 Å². The van der Waals surface area contributed by atoms with Crippen molar-refractivity contribution in [1.82, 2.24) is 15.2 Å². The van der Waals surface area contributed by atoms with E-state index < -0.39 is 0 Å². The van der Waals surface area contributed by atoms with E-state index in [1.165, 1.54) is 0 Å². The number of aryl methyl sites for hydroxylation is 2. The summed E-state index contributed by atoms with van der Waals surface area (Å²) in [6.45, 7) is 4.63. The second-order valence-corrected chi connectivity index (χ2v) is 5.45. The minimum absolute atomic E-state index is 0.0266. The van der Waals surface area contributed by atoms with Gasteiger partial charge in [-0.05, 0) is 26.2 Å². The van der Waals surface area contributed by atoms with Crippen LogP contribution in [0.2, 0.25) is 0 Å². The lowest BCUT2D eigenvalue weighted by Gasteiger charge is -2.21. The van der Waals surface area contributed by atoms with E-state index in [1.807, 2.05) is 17.9 Å². The molecule has 0 bridgehead atoms. The van der Waals surface area contributed by atoms with Gasteiger partial charge >= 0.3 is 0 Å². The first kappa shape index (κ1) is 13.9. The lowest BCUT2D eigenvalue weighted by Crippen LogP contribution is -2.30. The first-order valence-electron chi connectivity index (χ1n) is 7.39. The predicted octanol–water partition coefficient (Wildman–Crippen LogP) is 2.90. The normalized spacial score (nSPS) is 18.4. The van der Waals surface area contributed by atoms with Crippen molar-refractivity contribution < 1.29 is 13.8 Å². The topological polar surface area (TPSA) is 72.4 Å². The Labute approximate surface area is 123 Å². The van der Waals surface area contributed by atoms with E-state index in [0.29, 0.717) is 12.2 Å². The largest absolute Gasteiger partial charge is 0.361 e. The summed E-state index contributed by atoms with van der Waals surface area (Å²) in [7, 11) is 0. The molecule has 112 valence electrons. The lowest BCUT2D eigenvalue weighted by atomic mass is 10.1. The average molecular weight is 289 g/mol. The molecule has 0 spiro atoms. The minimum atomic E-state index is -0.0933. The molecule has 2 aromatic rings. The van der Waals surface area contributed by atoms with Crippen molar-refractivity contribution in [2.75, 3.05) is 6.54 Å². The molecule has 1 unspecified atom stereocenters. The lowest BCUT2D eigenvalue weighted by molar-refractivity contribution is 0.0720. The van der Waals surface area contributed by atoms with Crippen LogP contribution in [-0.4, -0.2) is 27.7 Å². The molecule has 1 atom stereocenters. The van der Waals surface area contributed by atoms with Crippen molar-refractivity contribution in [1.29, 1.82) is 0 Å². The van der Waals surface area contributed by atoms with Gasteiger partial charge in [-0.3, -0.25) is 4.79 Å². The molecule has 0 saturated carbocycles. The highest BCUT2D eigenvalue weighted by molar-refractivity contribution is 5.92. The monoisotopic (exact) mass is 289 g/mol. The number of aromatic nitrogens is 2. The van der Waals surface area contributed by atoms with Crippen LogP contribution in [0.5, 0.6) is 0 Å². The Balaban J connectivity index is 1.79. The Morgan fingerprint density at radius 1 is 1.38 bits per heavy atom. The van der Waals surface area contributed by atoms with Crippen LogP contribution in [0.4, 0.5) is 0 Å². The van der Waals surface area contributed by atoms with Crippen LogP contribution >= 0.6 is 0 Å². The van der Waals surface area contributed by atoms with E-state index in [0.717, 1.165) is 42.9 Å². The van der Waals surface area contributed by atoms with Crippen LogP contribution in [0.3, 0.4) is 0 Å². The molecule has 6 heteroatoms. The molecule has 1 fully saturated rings. The first-order valence-corrected chi connectivity index (χ1v) is 7.39. The molecule has 6 nitrogen and oxygen atoms in total. The van der Waals surface area contributed by atoms with Crippen LogP contribution in [-0.2, 0) is 6.42 Å². The molecular weight excluding hydrogens is 270 g/mol. The van der Waals surface area contributed by atoms with Gasteiger partial charge in [0.1, 0.15) is 17.2 Å². The third-order valence-corrected chi connectivity index (χ3v) is 3.78. The highest BCUT2D eigenvalue weighted by Crippen LogP contribution is 2.32. The van der Waals surface area contributed by atoms with Crippen molar-refractivity contribution in [2.45, 2.75) is 45.6 Å². The van der Waals surface area contributed by atoms with Gasteiger partial charge in [0.25, 0.3) is 5.91 Å². The summed E-state index contributed by atoms with van der Waals surface area (Å²) in [6.07, 6.45) is 3.62. The zero-order chi connectivity index (χ0) is 14.8. The van der Waals surface area contributed by atoms with Gasteiger partial charge in [-0.25, -0.2) is 0 Å². The highest BCUT2D eigenvalue weighted by Gasteiger charge is 2.33. The summed E-state index contributed by atoms with van der Waals surface area (Å²) >= 11 is 0. The number of hydrogen-bond donors (Lipinski definition) is 0. The van der Waals surface area contributed by atoms with E-state index in [9.17, 15) is 4.79 Å².